The molecule has 1 N–H and O–H groups in total. The van der Waals surface area contributed by atoms with E-state index in [0.29, 0.717) is 17.3 Å². The monoisotopic (exact) mass is 378 g/mol. The number of aryl methyl sites for hydroxylation is 2. The highest BCUT2D eigenvalue weighted by atomic mass is 32.1. The number of hydrogen-bond donors (Lipinski definition) is 1. The van der Waals surface area contributed by atoms with Gasteiger partial charge in [0.15, 0.2) is 10.6 Å². The standard InChI is InChI=1S/C19H18N6OS/c1-9-3-14(23-25-7-10(2)21-18(9)25)13-4-16(26)24-8-15(27-19(24)22-13)17-11-5-20-6-12(11)17/h3-4,7-8,11-12,17,20H,5-6H2,1-2H3/t11-,12+,17?. The molecule has 0 amide bonds. The predicted molar refractivity (Wildman–Crippen MR) is 103 cm³/mol. The van der Waals surface area contributed by atoms with E-state index in [-0.39, 0.29) is 5.56 Å². The Morgan fingerprint density at radius 3 is 2.74 bits per heavy atom. The van der Waals surface area contributed by atoms with Gasteiger partial charge in [0.25, 0.3) is 5.56 Å². The van der Waals surface area contributed by atoms with Crippen LogP contribution in [0.4, 0.5) is 0 Å². The average molecular weight is 378 g/mol. The van der Waals surface area contributed by atoms with Crippen molar-refractivity contribution in [2.75, 3.05) is 13.1 Å². The molecule has 2 fully saturated rings. The molecule has 0 bridgehead atoms. The minimum absolute atomic E-state index is 0.0530. The van der Waals surface area contributed by atoms with Gasteiger partial charge in [-0.2, -0.15) is 5.10 Å². The SMILES string of the molecule is Cc1cn2nc(-c3cc(=O)n4cc(C5[C@H]6CNC[C@@H]56)sc4n3)cc(C)c2n1. The van der Waals surface area contributed by atoms with Crippen LogP contribution in [0.1, 0.15) is 22.1 Å². The molecule has 1 saturated heterocycles. The molecule has 1 saturated carbocycles. The third-order valence-electron chi connectivity index (χ3n) is 5.80. The number of imidazole rings is 1. The molecule has 0 aromatic carbocycles. The first kappa shape index (κ1) is 15.5. The molecule has 3 atom stereocenters. The molecule has 1 aliphatic carbocycles. The first-order chi connectivity index (χ1) is 13.1. The first-order valence-corrected chi connectivity index (χ1v) is 9.98. The maximum atomic E-state index is 12.7. The molecule has 1 unspecified atom stereocenters. The maximum absolute atomic E-state index is 12.7. The summed E-state index contributed by atoms with van der Waals surface area (Å²) in [5, 5.41) is 8.04. The van der Waals surface area contributed by atoms with Crippen LogP contribution in [-0.4, -0.2) is 37.1 Å². The zero-order valence-electron chi connectivity index (χ0n) is 15.0. The normalized spacial score (nSPS) is 24.0. The molecule has 0 radical (unpaired) electrons. The molecule has 4 aromatic heterocycles. The fourth-order valence-corrected chi connectivity index (χ4v) is 5.66. The van der Waals surface area contributed by atoms with Crippen LogP contribution in [0.15, 0.2) is 29.3 Å². The summed E-state index contributed by atoms with van der Waals surface area (Å²) >= 11 is 1.64. The van der Waals surface area contributed by atoms with Gasteiger partial charge >= 0.3 is 0 Å². The Morgan fingerprint density at radius 1 is 1.11 bits per heavy atom. The molecule has 0 spiro atoms. The molecule has 5 heterocycles. The van der Waals surface area contributed by atoms with Gasteiger partial charge < -0.3 is 5.32 Å². The van der Waals surface area contributed by atoms with Crippen LogP contribution in [0.3, 0.4) is 0 Å². The molecule has 6 rings (SSSR count). The highest BCUT2D eigenvalue weighted by Gasteiger charge is 2.54. The Labute approximate surface area is 158 Å². The number of fused-ring (bicyclic) bond motifs is 3. The van der Waals surface area contributed by atoms with Gasteiger partial charge in [0, 0.05) is 23.1 Å². The van der Waals surface area contributed by atoms with Crippen LogP contribution < -0.4 is 10.9 Å². The summed E-state index contributed by atoms with van der Waals surface area (Å²) in [6, 6.07) is 3.53. The van der Waals surface area contributed by atoms with Gasteiger partial charge in [-0.1, -0.05) is 0 Å². The van der Waals surface area contributed by atoms with Crippen molar-refractivity contribution in [1.29, 1.82) is 0 Å². The van der Waals surface area contributed by atoms with Crippen molar-refractivity contribution in [1.82, 2.24) is 29.3 Å². The third-order valence-corrected chi connectivity index (χ3v) is 6.88. The fraction of sp³-hybridized carbons (Fsp3) is 0.368. The van der Waals surface area contributed by atoms with E-state index in [9.17, 15) is 4.79 Å². The lowest BCUT2D eigenvalue weighted by molar-refractivity contribution is 0.688. The lowest BCUT2D eigenvalue weighted by atomic mass is 10.2. The van der Waals surface area contributed by atoms with Crippen molar-refractivity contribution in [3.8, 4) is 11.4 Å². The van der Waals surface area contributed by atoms with E-state index in [2.05, 4.69) is 15.4 Å². The van der Waals surface area contributed by atoms with Crippen molar-refractivity contribution in [3.63, 3.8) is 0 Å². The summed E-state index contributed by atoms with van der Waals surface area (Å²) in [5.41, 5.74) is 4.02. The number of nitrogens with zero attached hydrogens (tertiary/aromatic N) is 5. The van der Waals surface area contributed by atoms with Crippen LogP contribution in [0.25, 0.3) is 22.0 Å². The minimum atomic E-state index is -0.0530. The second kappa shape index (κ2) is 5.24. The van der Waals surface area contributed by atoms with E-state index < -0.39 is 0 Å². The second-order valence-corrected chi connectivity index (χ2v) is 8.68. The lowest BCUT2D eigenvalue weighted by Crippen LogP contribution is -2.14. The summed E-state index contributed by atoms with van der Waals surface area (Å²) in [4.78, 5) is 24.0. The molecule has 2 aliphatic rings. The first-order valence-electron chi connectivity index (χ1n) is 9.16. The molecule has 8 heteroatoms. The van der Waals surface area contributed by atoms with Gasteiger partial charge in [-0.05, 0) is 50.4 Å². The Balaban J connectivity index is 1.47. The highest BCUT2D eigenvalue weighted by molar-refractivity contribution is 7.17. The van der Waals surface area contributed by atoms with Crippen LogP contribution in [-0.2, 0) is 0 Å². The Kier molecular flexibility index (Phi) is 3.00. The molecular formula is C19H18N6OS. The van der Waals surface area contributed by atoms with E-state index >= 15 is 0 Å². The van der Waals surface area contributed by atoms with Gasteiger partial charge in [-0.3, -0.25) is 9.20 Å². The zero-order valence-corrected chi connectivity index (χ0v) is 15.8. The topological polar surface area (TPSA) is 76.6 Å². The zero-order chi connectivity index (χ0) is 18.3. The number of rotatable bonds is 2. The van der Waals surface area contributed by atoms with Crippen LogP contribution in [0.2, 0.25) is 0 Å². The largest absolute Gasteiger partial charge is 0.316 e. The summed E-state index contributed by atoms with van der Waals surface area (Å²) in [5.74, 6) is 2.04. The molecule has 136 valence electrons. The summed E-state index contributed by atoms with van der Waals surface area (Å²) < 4.78 is 3.44. The van der Waals surface area contributed by atoms with Crippen LogP contribution in [0.5, 0.6) is 0 Å². The molecule has 4 aromatic rings. The number of piperidine rings is 1. The molecule has 1 aliphatic heterocycles. The van der Waals surface area contributed by atoms with Gasteiger partial charge in [-0.25, -0.2) is 14.5 Å². The predicted octanol–water partition coefficient (Wildman–Crippen LogP) is 2.02. The van der Waals surface area contributed by atoms with E-state index in [1.165, 1.54) is 4.88 Å². The van der Waals surface area contributed by atoms with E-state index in [4.69, 9.17) is 4.98 Å². The van der Waals surface area contributed by atoms with E-state index in [1.54, 1.807) is 26.3 Å². The van der Waals surface area contributed by atoms with Gasteiger partial charge in [0.05, 0.1) is 17.6 Å². The van der Waals surface area contributed by atoms with Crippen molar-refractivity contribution >= 4 is 21.9 Å². The third kappa shape index (κ3) is 2.23. The van der Waals surface area contributed by atoms with E-state index in [0.717, 1.165) is 46.8 Å². The molecule has 27 heavy (non-hydrogen) atoms. The smallest absolute Gasteiger partial charge is 0.259 e. The number of aromatic nitrogens is 5. The average Bonchev–Trinajstić information content (AvgIpc) is 3.07. The van der Waals surface area contributed by atoms with Crippen molar-refractivity contribution in [2.45, 2.75) is 19.8 Å². The van der Waals surface area contributed by atoms with Gasteiger partial charge in [0.2, 0.25) is 0 Å². The molecule has 7 nitrogen and oxygen atoms in total. The van der Waals surface area contributed by atoms with Crippen molar-refractivity contribution in [3.05, 3.63) is 51.0 Å². The second-order valence-electron chi connectivity index (χ2n) is 7.64. The Bertz CT molecular complexity index is 1270. The number of nitrogens with one attached hydrogen (secondary N) is 1. The van der Waals surface area contributed by atoms with E-state index in [1.807, 2.05) is 32.3 Å². The number of hydrogen-bond acceptors (Lipinski definition) is 6. The highest BCUT2D eigenvalue weighted by Crippen LogP contribution is 2.57. The lowest BCUT2D eigenvalue weighted by Gasteiger charge is -2.03. The number of thiazole rings is 1. The summed E-state index contributed by atoms with van der Waals surface area (Å²) in [7, 11) is 0. The quantitative estimate of drug-likeness (QED) is 0.577. The van der Waals surface area contributed by atoms with Gasteiger partial charge in [0.1, 0.15) is 5.69 Å². The Hall–Kier alpha value is -2.58. The van der Waals surface area contributed by atoms with Crippen LogP contribution in [0, 0.1) is 25.7 Å². The summed E-state index contributed by atoms with van der Waals surface area (Å²) in [6.45, 7) is 6.12. The van der Waals surface area contributed by atoms with Gasteiger partial charge in [-0.15, -0.1) is 11.3 Å². The van der Waals surface area contributed by atoms with Crippen molar-refractivity contribution in [2.24, 2.45) is 11.8 Å². The Morgan fingerprint density at radius 2 is 1.93 bits per heavy atom. The summed E-state index contributed by atoms with van der Waals surface area (Å²) in [6.07, 6.45) is 3.88. The molecular weight excluding hydrogens is 360 g/mol. The van der Waals surface area contributed by atoms with Crippen LogP contribution >= 0.6 is 11.3 Å². The van der Waals surface area contributed by atoms with Crippen molar-refractivity contribution < 1.29 is 0 Å². The minimum Gasteiger partial charge on any atom is -0.316 e. The maximum Gasteiger partial charge on any atom is 0.259 e. The fourth-order valence-electron chi connectivity index (χ4n) is 4.42.